The highest BCUT2D eigenvalue weighted by atomic mass is 19.4. The number of nitrogens with two attached hydrogens (primary N) is 1. The Labute approximate surface area is 93.2 Å². The van der Waals surface area contributed by atoms with Gasteiger partial charge in [0, 0.05) is 12.1 Å². The quantitative estimate of drug-likeness (QED) is 0.693. The minimum Gasteiger partial charge on any atom is -0.394 e. The van der Waals surface area contributed by atoms with Crippen molar-refractivity contribution in [3.63, 3.8) is 0 Å². The smallest absolute Gasteiger partial charge is 0.394 e. The molecule has 0 heterocycles. The van der Waals surface area contributed by atoms with E-state index in [2.05, 4.69) is 5.32 Å². The highest BCUT2D eigenvalue weighted by Gasteiger charge is 2.51. The average Bonchev–Trinajstić information content (AvgIpc) is 2.19. The summed E-state index contributed by atoms with van der Waals surface area (Å²) in [6.45, 7) is 0.0422. The van der Waals surface area contributed by atoms with Crippen LogP contribution in [0, 0.1) is 0 Å². The Morgan fingerprint density at radius 3 is 2.12 bits per heavy atom. The lowest BCUT2D eigenvalue weighted by Crippen LogP contribution is -2.61. The van der Waals surface area contributed by atoms with E-state index in [1.807, 2.05) is 0 Å². The molecule has 1 atom stereocenters. The van der Waals surface area contributed by atoms with E-state index in [-0.39, 0.29) is 12.1 Å². The summed E-state index contributed by atoms with van der Waals surface area (Å²) in [5.41, 5.74) is 3.47. The van der Waals surface area contributed by atoms with Crippen LogP contribution in [0.15, 0.2) is 0 Å². The fourth-order valence-corrected chi connectivity index (χ4v) is 1.93. The number of aliphatic hydroxyl groups excluding tert-OH is 1. The van der Waals surface area contributed by atoms with Gasteiger partial charge in [-0.05, 0) is 32.6 Å². The van der Waals surface area contributed by atoms with Crippen LogP contribution in [0.4, 0.5) is 13.2 Å². The molecule has 16 heavy (non-hydrogen) atoms. The molecule has 4 N–H and O–H groups in total. The van der Waals surface area contributed by atoms with Gasteiger partial charge in [0.15, 0.2) is 0 Å². The molecule has 3 nitrogen and oxygen atoms in total. The van der Waals surface area contributed by atoms with E-state index >= 15 is 0 Å². The summed E-state index contributed by atoms with van der Waals surface area (Å²) in [6.07, 6.45) is -1.71. The van der Waals surface area contributed by atoms with Crippen LogP contribution in [0.5, 0.6) is 0 Å². The number of alkyl halides is 3. The van der Waals surface area contributed by atoms with Gasteiger partial charge in [-0.2, -0.15) is 13.2 Å². The molecule has 1 fully saturated rings. The first-order valence-corrected chi connectivity index (χ1v) is 5.49. The molecule has 1 rings (SSSR count). The summed E-state index contributed by atoms with van der Waals surface area (Å²) in [5.74, 6) is 0. The van der Waals surface area contributed by atoms with Crippen molar-refractivity contribution in [2.45, 2.75) is 56.4 Å². The second-order valence-corrected chi connectivity index (χ2v) is 4.74. The van der Waals surface area contributed by atoms with Gasteiger partial charge in [-0.25, -0.2) is 0 Å². The first-order valence-electron chi connectivity index (χ1n) is 5.49. The summed E-state index contributed by atoms with van der Waals surface area (Å²) in [6, 6.07) is -0.108. The minimum atomic E-state index is -4.44. The standard InChI is InChI=1S/C10H19F3N2O/c1-9(6-16,10(11,12)13)15-8-4-2-7(14)3-5-8/h7-8,15-16H,2-6,14H2,1H3/t7?,8?,9-/m1/s1. The van der Waals surface area contributed by atoms with Crippen LogP contribution in [-0.4, -0.2) is 35.5 Å². The maximum Gasteiger partial charge on any atom is 0.408 e. The fraction of sp³-hybridized carbons (Fsp3) is 1.00. The number of hydrogen-bond donors (Lipinski definition) is 3. The Balaban J connectivity index is 2.57. The molecule has 0 bridgehead atoms. The molecular formula is C10H19F3N2O. The van der Waals surface area contributed by atoms with Gasteiger partial charge >= 0.3 is 6.18 Å². The van der Waals surface area contributed by atoms with Crippen molar-refractivity contribution in [2.75, 3.05) is 6.61 Å². The highest BCUT2D eigenvalue weighted by molar-refractivity contribution is 4.94. The van der Waals surface area contributed by atoms with E-state index in [1.165, 1.54) is 0 Å². The first kappa shape index (κ1) is 13.7. The molecule has 1 aliphatic rings. The predicted octanol–water partition coefficient (Wildman–Crippen LogP) is 1.16. The second-order valence-electron chi connectivity index (χ2n) is 4.74. The lowest BCUT2D eigenvalue weighted by Gasteiger charge is -2.37. The van der Waals surface area contributed by atoms with Gasteiger partial charge in [0.1, 0.15) is 5.54 Å². The van der Waals surface area contributed by atoms with Crippen molar-refractivity contribution < 1.29 is 18.3 Å². The molecule has 0 aliphatic heterocycles. The second kappa shape index (κ2) is 4.89. The summed E-state index contributed by atoms with van der Waals surface area (Å²) in [7, 11) is 0. The molecule has 0 unspecified atom stereocenters. The lowest BCUT2D eigenvalue weighted by atomic mass is 9.89. The molecular weight excluding hydrogens is 221 g/mol. The van der Waals surface area contributed by atoms with Crippen molar-refractivity contribution in [3.8, 4) is 0 Å². The van der Waals surface area contributed by atoms with E-state index in [9.17, 15) is 13.2 Å². The molecule has 0 radical (unpaired) electrons. The summed E-state index contributed by atoms with van der Waals surface area (Å²) >= 11 is 0. The maximum atomic E-state index is 12.7. The van der Waals surface area contributed by atoms with Gasteiger partial charge in [-0.3, -0.25) is 5.32 Å². The summed E-state index contributed by atoms with van der Waals surface area (Å²) in [4.78, 5) is 0. The Kier molecular flexibility index (Phi) is 4.20. The Morgan fingerprint density at radius 2 is 1.75 bits per heavy atom. The summed E-state index contributed by atoms with van der Waals surface area (Å²) in [5, 5.41) is 11.4. The third-order valence-electron chi connectivity index (χ3n) is 3.24. The SMILES string of the molecule is C[C@](CO)(NC1CCC(N)CC1)C(F)(F)F. The monoisotopic (exact) mass is 240 g/mol. The molecule has 0 aromatic carbocycles. The molecule has 0 aromatic rings. The van der Waals surface area contributed by atoms with Crippen LogP contribution < -0.4 is 11.1 Å². The molecule has 0 saturated heterocycles. The van der Waals surface area contributed by atoms with Crippen LogP contribution in [0.3, 0.4) is 0 Å². The van der Waals surface area contributed by atoms with Gasteiger partial charge in [0.25, 0.3) is 0 Å². The van der Waals surface area contributed by atoms with Crippen LogP contribution in [0.25, 0.3) is 0 Å². The van der Waals surface area contributed by atoms with Crippen molar-refractivity contribution in [2.24, 2.45) is 5.73 Å². The topological polar surface area (TPSA) is 58.3 Å². The number of aliphatic hydroxyl groups is 1. The third-order valence-corrected chi connectivity index (χ3v) is 3.24. The van der Waals surface area contributed by atoms with Crippen molar-refractivity contribution in [1.82, 2.24) is 5.32 Å². The van der Waals surface area contributed by atoms with Gasteiger partial charge in [0.05, 0.1) is 6.61 Å². The predicted molar refractivity (Wildman–Crippen MR) is 54.9 cm³/mol. The van der Waals surface area contributed by atoms with Crippen molar-refractivity contribution >= 4 is 0 Å². The molecule has 96 valence electrons. The van der Waals surface area contributed by atoms with Crippen LogP contribution in [0.2, 0.25) is 0 Å². The molecule has 1 aliphatic carbocycles. The largest absolute Gasteiger partial charge is 0.408 e. The number of nitrogens with one attached hydrogen (secondary N) is 1. The molecule has 6 heteroatoms. The van der Waals surface area contributed by atoms with Crippen LogP contribution in [0.1, 0.15) is 32.6 Å². The number of halogens is 3. The third kappa shape index (κ3) is 3.09. The Bertz CT molecular complexity index is 227. The normalized spacial score (nSPS) is 31.1. The lowest BCUT2D eigenvalue weighted by molar-refractivity contribution is -0.204. The average molecular weight is 240 g/mol. The molecule has 0 aromatic heterocycles. The highest BCUT2D eigenvalue weighted by Crippen LogP contribution is 2.31. The zero-order chi connectivity index (χ0) is 12.4. The Hall–Kier alpha value is -0.330. The van der Waals surface area contributed by atoms with E-state index < -0.39 is 18.3 Å². The van der Waals surface area contributed by atoms with Crippen LogP contribution in [-0.2, 0) is 0 Å². The zero-order valence-corrected chi connectivity index (χ0v) is 9.35. The van der Waals surface area contributed by atoms with Gasteiger partial charge in [-0.1, -0.05) is 0 Å². The number of rotatable bonds is 3. The van der Waals surface area contributed by atoms with E-state index in [4.69, 9.17) is 10.8 Å². The van der Waals surface area contributed by atoms with Gasteiger partial charge < -0.3 is 10.8 Å². The summed E-state index contributed by atoms with van der Waals surface area (Å²) < 4.78 is 38.1. The van der Waals surface area contributed by atoms with E-state index in [1.54, 1.807) is 0 Å². The zero-order valence-electron chi connectivity index (χ0n) is 9.35. The number of hydrogen-bond acceptors (Lipinski definition) is 3. The fourth-order valence-electron chi connectivity index (χ4n) is 1.93. The minimum absolute atomic E-state index is 0.101. The van der Waals surface area contributed by atoms with Gasteiger partial charge in [0.2, 0.25) is 0 Å². The maximum absolute atomic E-state index is 12.7. The first-order chi connectivity index (χ1) is 7.28. The Morgan fingerprint density at radius 1 is 1.25 bits per heavy atom. The molecule has 0 amide bonds. The molecule has 0 spiro atoms. The van der Waals surface area contributed by atoms with E-state index in [0.29, 0.717) is 12.8 Å². The van der Waals surface area contributed by atoms with Crippen molar-refractivity contribution in [3.05, 3.63) is 0 Å². The van der Waals surface area contributed by atoms with Gasteiger partial charge in [-0.15, -0.1) is 0 Å². The van der Waals surface area contributed by atoms with Crippen molar-refractivity contribution in [1.29, 1.82) is 0 Å². The van der Waals surface area contributed by atoms with E-state index in [0.717, 1.165) is 19.8 Å². The molecule has 1 saturated carbocycles. The van der Waals surface area contributed by atoms with Crippen LogP contribution >= 0.6 is 0 Å².